The summed E-state index contributed by atoms with van der Waals surface area (Å²) in [5.41, 5.74) is 6.52. The zero-order valence-corrected chi connectivity index (χ0v) is 14.3. The summed E-state index contributed by atoms with van der Waals surface area (Å²) in [6, 6.07) is 7.59. The standard InChI is InChI=1S/C15H13Br2F2NO/c1-8(20)10-6-9(16)2-5-14(10)21-7-11-13(18)4-3-12(17)15(11)19/h2-6,8H,7,20H2,1H3/t8-/m0/s1. The normalized spacial score (nSPS) is 12.3. The van der Waals surface area contributed by atoms with Gasteiger partial charge in [0.05, 0.1) is 10.0 Å². The average molecular weight is 421 g/mol. The molecule has 21 heavy (non-hydrogen) atoms. The number of hydrogen-bond acceptors (Lipinski definition) is 2. The minimum atomic E-state index is -0.658. The number of rotatable bonds is 4. The van der Waals surface area contributed by atoms with Gasteiger partial charge in [0.2, 0.25) is 0 Å². The molecule has 0 amide bonds. The molecule has 0 aliphatic carbocycles. The molecule has 0 saturated heterocycles. The van der Waals surface area contributed by atoms with E-state index in [0.717, 1.165) is 10.0 Å². The van der Waals surface area contributed by atoms with Gasteiger partial charge in [0.25, 0.3) is 0 Å². The summed E-state index contributed by atoms with van der Waals surface area (Å²) in [6.07, 6.45) is 0. The lowest BCUT2D eigenvalue weighted by Gasteiger charge is -2.15. The lowest BCUT2D eigenvalue weighted by atomic mass is 10.1. The van der Waals surface area contributed by atoms with Crippen molar-refractivity contribution < 1.29 is 13.5 Å². The van der Waals surface area contributed by atoms with Crippen molar-refractivity contribution in [2.45, 2.75) is 19.6 Å². The molecule has 2 rings (SSSR count). The van der Waals surface area contributed by atoms with Gasteiger partial charge in [0, 0.05) is 16.1 Å². The van der Waals surface area contributed by atoms with Gasteiger partial charge < -0.3 is 10.5 Å². The fraction of sp³-hybridized carbons (Fsp3) is 0.200. The van der Waals surface area contributed by atoms with Gasteiger partial charge in [-0.1, -0.05) is 15.9 Å². The van der Waals surface area contributed by atoms with Gasteiger partial charge in [-0.2, -0.15) is 0 Å². The van der Waals surface area contributed by atoms with Crippen LogP contribution in [0.2, 0.25) is 0 Å². The Morgan fingerprint density at radius 1 is 1.19 bits per heavy atom. The summed E-state index contributed by atoms with van der Waals surface area (Å²) in [5.74, 6) is -0.795. The maximum absolute atomic E-state index is 13.9. The monoisotopic (exact) mass is 419 g/mol. The molecule has 2 N–H and O–H groups in total. The van der Waals surface area contributed by atoms with Gasteiger partial charge in [0.15, 0.2) is 0 Å². The molecule has 1 atom stereocenters. The lowest BCUT2D eigenvalue weighted by Crippen LogP contribution is -2.09. The third-order valence-corrected chi connectivity index (χ3v) is 4.08. The second kappa shape index (κ2) is 6.85. The van der Waals surface area contributed by atoms with Gasteiger partial charge in [-0.05, 0) is 53.2 Å². The molecule has 0 fully saturated rings. The Kier molecular flexibility index (Phi) is 5.35. The summed E-state index contributed by atoms with van der Waals surface area (Å²) < 4.78 is 34.2. The van der Waals surface area contributed by atoms with E-state index in [2.05, 4.69) is 31.9 Å². The van der Waals surface area contributed by atoms with Crippen LogP contribution in [0.4, 0.5) is 8.78 Å². The molecular weight excluding hydrogens is 408 g/mol. The number of halogens is 4. The number of ether oxygens (including phenoxy) is 1. The SMILES string of the molecule is C[C@H](N)c1cc(Br)ccc1OCc1c(F)ccc(Br)c1F. The van der Waals surface area contributed by atoms with E-state index in [1.807, 2.05) is 13.0 Å². The summed E-state index contributed by atoms with van der Waals surface area (Å²) in [4.78, 5) is 0. The van der Waals surface area contributed by atoms with Crippen molar-refractivity contribution in [3.8, 4) is 5.75 Å². The van der Waals surface area contributed by atoms with Crippen molar-refractivity contribution in [3.05, 3.63) is 62.0 Å². The van der Waals surface area contributed by atoms with Crippen molar-refractivity contribution in [3.63, 3.8) is 0 Å². The first-order valence-electron chi connectivity index (χ1n) is 6.20. The van der Waals surface area contributed by atoms with E-state index < -0.39 is 11.6 Å². The molecule has 6 heteroatoms. The molecule has 112 valence electrons. The Morgan fingerprint density at radius 3 is 2.57 bits per heavy atom. The quantitative estimate of drug-likeness (QED) is 0.699. The van der Waals surface area contributed by atoms with Gasteiger partial charge in [-0.3, -0.25) is 0 Å². The van der Waals surface area contributed by atoms with Crippen LogP contribution in [0.25, 0.3) is 0 Å². The fourth-order valence-electron chi connectivity index (χ4n) is 1.86. The molecule has 0 unspecified atom stereocenters. The van der Waals surface area contributed by atoms with Crippen LogP contribution in [-0.2, 0) is 6.61 Å². The van der Waals surface area contributed by atoms with Crippen LogP contribution in [0.1, 0.15) is 24.1 Å². The summed E-state index contributed by atoms with van der Waals surface area (Å²) >= 11 is 6.39. The maximum atomic E-state index is 13.9. The van der Waals surface area contributed by atoms with Crippen LogP contribution in [-0.4, -0.2) is 0 Å². The second-order valence-electron chi connectivity index (χ2n) is 4.58. The van der Waals surface area contributed by atoms with E-state index in [4.69, 9.17) is 10.5 Å². The first-order valence-corrected chi connectivity index (χ1v) is 7.79. The lowest BCUT2D eigenvalue weighted by molar-refractivity contribution is 0.288. The predicted molar refractivity (Wildman–Crippen MR) is 85.1 cm³/mol. The van der Waals surface area contributed by atoms with Crippen LogP contribution in [0, 0.1) is 11.6 Å². The van der Waals surface area contributed by atoms with Crippen molar-refractivity contribution >= 4 is 31.9 Å². The molecule has 0 bridgehead atoms. The zero-order chi connectivity index (χ0) is 15.6. The van der Waals surface area contributed by atoms with Crippen LogP contribution >= 0.6 is 31.9 Å². The highest BCUT2D eigenvalue weighted by Gasteiger charge is 2.15. The van der Waals surface area contributed by atoms with E-state index in [-0.39, 0.29) is 22.7 Å². The van der Waals surface area contributed by atoms with Gasteiger partial charge in [-0.15, -0.1) is 0 Å². The highest BCUT2D eigenvalue weighted by molar-refractivity contribution is 9.10. The minimum Gasteiger partial charge on any atom is -0.488 e. The first-order chi connectivity index (χ1) is 9.90. The smallest absolute Gasteiger partial charge is 0.146 e. The second-order valence-corrected chi connectivity index (χ2v) is 6.35. The Balaban J connectivity index is 2.27. The number of nitrogens with two attached hydrogens (primary N) is 1. The van der Waals surface area contributed by atoms with Crippen LogP contribution in [0.15, 0.2) is 39.3 Å². The summed E-state index contributed by atoms with van der Waals surface area (Å²) in [6.45, 7) is 1.60. The molecular formula is C15H13Br2F2NO. The minimum absolute atomic E-state index is 0.122. The highest BCUT2D eigenvalue weighted by Crippen LogP contribution is 2.29. The van der Waals surface area contributed by atoms with E-state index >= 15 is 0 Å². The van der Waals surface area contributed by atoms with Crippen LogP contribution in [0.5, 0.6) is 5.75 Å². The van der Waals surface area contributed by atoms with E-state index in [9.17, 15) is 8.78 Å². The maximum Gasteiger partial charge on any atom is 0.146 e. The molecule has 2 aromatic carbocycles. The van der Waals surface area contributed by atoms with Crippen LogP contribution < -0.4 is 10.5 Å². The van der Waals surface area contributed by atoms with E-state index in [1.165, 1.54) is 12.1 Å². The molecule has 0 aliphatic rings. The number of benzene rings is 2. The Labute approximate surface area is 138 Å². The van der Waals surface area contributed by atoms with Crippen molar-refractivity contribution in [2.24, 2.45) is 5.73 Å². The Hall–Kier alpha value is -0.980. The molecule has 2 aromatic rings. The predicted octanol–water partition coefficient (Wildman–Crippen LogP) is 5.09. The topological polar surface area (TPSA) is 35.2 Å². The van der Waals surface area contributed by atoms with Gasteiger partial charge >= 0.3 is 0 Å². The van der Waals surface area contributed by atoms with Gasteiger partial charge in [0.1, 0.15) is 24.0 Å². The fourth-order valence-corrected chi connectivity index (χ4v) is 2.61. The van der Waals surface area contributed by atoms with Crippen molar-refractivity contribution in [1.29, 1.82) is 0 Å². The largest absolute Gasteiger partial charge is 0.488 e. The third kappa shape index (κ3) is 3.81. The molecule has 0 radical (unpaired) electrons. The zero-order valence-electron chi connectivity index (χ0n) is 11.2. The number of hydrogen-bond donors (Lipinski definition) is 1. The molecule has 0 heterocycles. The van der Waals surface area contributed by atoms with Crippen LogP contribution in [0.3, 0.4) is 0 Å². The highest BCUT2D eigenvalue weighted by atomic mass is 79.9. The third-order valence-electron chi connectivity index (χ3n) is 2.97. The summed E-state index contributed by atoms with van der Waals surface area (Å²) in [5, 5.41) is 0. The molecule has 0 aliphatic heterocycles. The summed E-state index contributed by atoms with van der Waals surface area (Å²) in [7, 11) is 0. The van der Waals surface area contributed by atoms with Crippen molar-refractivity contribution in [2.75, 3.05) is 0 Å². The molecule has 0 spiro atoms. The average Bonchev–Trinajstić information content (AvgIpc) is 2.44. The van der Waals surface area contributed by atoms with Crippen molar-refractivity contribution in [1.82, 2.24) is 0 Å². The molecule has 0 saturated carbocycles. The van der Waals surface area contributed by atoms with Gasteiger partial charge in [-0.25, -0.2) is 8.78 Å². The van der Waals surface area contributed by atoms with E-state index in [0.29, 0.717) is 5.75 Å². The first kappa shape index (κ1) is 16.4. The molecule has 0 aromatic heterocycles. The van der Waals surface area contributed by atoms with E-state index in [1.54, 1.807) is 12.1 Å². The Morgan fingerprint density at radius 2 is 1.90 bits per heavy atom. The molecule has 2 nitrogen and oxygen atoms in total. The Bertz CT molecular complexity index is 662.